The lowest BCUT2D eigenvalue weighted by atomic mass is 10.0. The van der Waals surface area contributed by atoms with Crippen LogP contribution in [-0.2, 0) is 35.0 Å². The van der Waals surface area contributed by atoms with Crippen LogP contribution in [0.4, 0.5) is 26.3 Å². The summed E-state index contributed by atoms with van der Waals surface area (Å²) in [4.78, 5) is 40.1. The Morgan fingerprint density at radius 3 is 2.14 bits per heavy atom. The Morgan fingerprint density at radius 2 is 1.67 bits per heavy atom. The van der Waals surface area contributed by atoms with Gasteiger partial charge in [-0.25, -0.2) is 17.7 Å². The predicted molar refractivity (Wildman–Crippen MR) is 135 cm³/mol. The summed E-state index contributed by atoms with van der Waals surface area (Å²) >= 11 is 0. The van der Waals surface area contributed by atoms with Gasteiger partial charge in [0.05, 0.1) is 6.54 Å². The van der Waals surface area contributed by atoms with E-state index in [2.05, 4.69) is 15.2 Å². The van der Waals surface area contributed by atoms with Gasteiger partial charge in [0.1, 0.15) is 5.82 Å². The van der Waals surface area contributed by atoms with E-state index < -0.39 is 49.2 Å². The number of carbonyl (C=O) groups excluding carboxylic acids is 1. The summed E-state index contributed by atoms with van der Waals surface area (Å²) in [6, 6.07) is 0.184. The fraction of sp³-hybridized carbons (Fsp3) is 0.450. The first-order chi connectivity index (χ1) is 19.1. The van der Waals surface area contributed by atoms with Gasteiger partial charge in [0.25, 0.3) is 0 Å². The van der Waals surface area contributed by atoms with E-state index in [1.54, 1.807) is 14.1 Å². The number of nitrogens with zero attached hydrogens (tertiary/aromatic N) is 6. The molecule has 0 saturated heterocycles. The van der Waals surface area contributed by atoms with Crippen LogP contribution in [0.1, 0.15) is 23.6 Å². The van der Waals surface area contributed by atoms with E-state index >= 15 is 0 Å². The number of nitrogens with one attached hydrogen (secondary N) is 1. The molecule has 0 radical (unpaired) electrons. The molecule has 3 rings (SSSR count). The maximum absolute atomic E-state index is 13.7. The summed E-state index contributed by atoms with van der Waals surface area (Å²) in [5, 5.41) is 13.6. The molecular formula is C20H29F6N10O5P. The molecule has 22 heteroatoms. The highest BCUT2D eigenvalue weighted by Crippen LogP contribution is 2.29. The standard InChI is InChI=1S/C16H15F6N5O.C4H11N5.H3O4P/c17-10-6-12(19)11(18)4-8(10)3-9(23)5-14(28)26-1-2-27-13(7-26)24-25-15(27)16(20,21)22;1-9(2)4(7)8-3(5)6;1-5(2,3)4/h4,6,9H,1-3,5,7,23H2;1-2H3,(H5,5,6,7,8);(H3,1,2,3,4)/t9-;;/m1../s1. The van der Waals surface area contributed by atoms with Gasteiger partial charge in [0, 0.05) is 45.7 Å². The molecule has 0 unspecified atom stereocenters. The second-order valence-electron chi connectivity index (χ2n) is 8.70. The molecule has 1 atom stereocenters. The lowest BCUT2D eigenvalue weighted by molar-refractivity contribution is -0.148. The van der Waals surface area contributed by atoms with E-state index in [4.69, 9.17) is 41.9 Å². The Morgan fingerprint density at radius 1 is 1.12 bits per heavy atom. The summed E-state index contributed by atoms with van der Waals surface area (Å²) in [6.07, 6.45) is -5.11. The van der Waals surface area contributed by atoms with E-state index in [-0.39, 0.29) is 55.8 Å². The molecule has 0 aliphatic carbocycles. The van der Waals surface area contributed by atoms with Crippen molar-refractivity contribution < 1.29 is 50.4 Å². The molecule has 2 aromatic rings. The van der Waals surface area contributed by atoms with Crippen molar-refractivity contribution in [1.29, 1.82) is 5.41 Å². The number of aliphatic imine (C=N–C) groups is 1. The van der Waals surface area contributed by atoms with E-state index in [1.807, 2.05) is 0 Å². The quantitative estimate of drug-likeness (QED) is 0.0766. The molecule has 42 heavy (non-hydrogen) atoms. The molecule has 10 N–H and O–H groups in total. The van der Waals surface area contributed by atoms with Crippen LogP contribution in [0.3, 0.4) is 0 Å². The minimum absolute atomic E-state index is 0.000783. The molecule has 1 aliphatic heterocycles. The fourth-order valence-corrected chi connectivity index (χ4v) is 3.23. The fourth-order valence-electron chi connectivity index (χ4n) is 3.23. The zero-order valence-corrected chi connectivity index (χ0v) is 23.0. The Hall–Kier alpha value is -3.78. The van der Waals surface area contributed by atoms with Crippen molar-refractivity contribution in [3.05, 3.63) is 46.8 Å². The second kappa shape index (κ2) is 14.9. The molecule has 15 nitrogen and oxygen atoms in total. The maximum Gasteiger partial charge on any atom is 0.466 e. The molecule has 0 fully saturated rings. The number of carbonyl (C=O) groups is 1. The number of benzene rings is 1. The molecular weight excluding hydrogens is 605 g/mol. The number of hydrogen-bond acceptors (Lipinski definition) is 6. The van der Waals surface area contributed by atoms with Crippen LogP contribution < -0.4 is 17.2 Å². The van der Waals surface area contributed by atoms with Gasteiger partial charge in [0.2, 0.25) is 17.7 Å². The van der Waals surface area contributed by atoms with Crippen molar-refractivity contribution >= 4 is 25.6 Å². The van der Waals surface area contributed by atoms with Gasteiger partial charge in [-0.1, -0.05) is 0 Å². The minimum atomic E-state index is -4.64. The molecule has 0 spiro atoms. The van der Waals surface area contributed by atoms with Gasteiger partial charge in [-0.2, -0.15) is 18.2 Å². The van der Waals surface area contributed by atoms with Crippen LogP contribution in [0.15, 0.2) is 17.1 Å². The lowest BCUT2D eigenvalue weighted by Crippen LogP contribution is -2.42. The number of guanidine groups is 2. The van der Waals surface area contributed by atoms with Crippen LogP contribution >= 0.6 is 7.82 Å². The highest BCUT2D eigenvalue weighted by atomic mass is 31.2. The lowest BCUT2D eigenvalue weighted by Gasteiger charge is -2.29. The topological polar surface area (TPSA) is 246 Å². The number of amides is 1. The van der Waals surface area contributed by atoms with Crippen LogP contribution in [0.5, 0.6) is 0 Å². The third kappa shape index (κ3) is 12.4. The molecule has 2 heterocycles. The molecule has 236 valence electrons. The summed E-state index contributed by atoms with van der Waals surface area (Å²) in [5.74, 6) is -5.19. The molecule has 1 amide bonds. The molecule has 1 aromatic heterocycles. The number of fused-ring (bicyclic) bond motifs is 1. The Bertz CT molecular complexity index is 1320. The second-order valence-corrected chi connectivity index (χ2v) is 9.73. The smallest absolute Gasteiger partial charge is 0.370 e. The first-order valence-corrected chi connectivity index (χ1v) is 13.0. The third-order valence-electron chi connectivity index (χ3n) is 5.03. The number of hydrogen-bond donors (Lipinski definition) is 7. The van der Waals surface area contributed by atoms with E-state index in [0.29, 0.717) is 12.1 Å². The maximum atomic E-state index is 13.7. The minimum Gasteiger partial charge on any atom is -0.370 e. The Balaban J connectivity index is 0.000000524. The van der Waals surface area contributed by atoms with Gasteiger partial charge in [-0.15, -0.1) is 10.2 Å². The highest BCUT2D eigenvalue weighted by molar-refractivity contribution is 7.45. The van der Waals surface area contributed by atoms with Crippen molar-refractivity contribution in [3.63, 3.8) is 0 Å². The van der Waals surface area contributed by atoms with Gasteiger partial charge < -0.3 is 46.2 Å². The number of phosphoric acid groups is 1. The monoisotopic (exact) mass is 634 g/mol. The van der Waals surface area contributed by atoms with Crippen molar-refractivity contribution in [2.45, 2.75) is 38.1 Å². The van der Waals surface area contributed by atoms with Crippen molar-refractivity contribution in [2.75, 3.05) is 20.6 Å². The predicted octanol–water partition coefficient (Wildman–Crippen LogP) is -0.156. The first kappa shape index (κ1) is 36.2. The van der Waals surface area contributed by atoms with Crippen LogP contribution in [0.25, 0.3) is 0 Å². The number of aromatic nitrogens is 3. The number of halogens is 6. The third-order valence-corrected chi connectivity index (χ3v) is 5.03. The SMILES string of the molecule is CN(C)C(=N)N=C(N)N.N[C@@H](CC(=O)N1CCn2c(nnc2C(F)(F)F)C1)Cc1cc(F)c(F)cc1F.O=P(O)(O)O. The molecule has 1 aromatic carbocycles. The van der Waals surface area contributed by atoms with Crippen molar-refractivity contribution in [1.82, 2.24) is 24.6 Å². The van der Waals surface area contributed by atoms with Gasteiger partial charge in [-0.05, 0) is 18.1 Å². The van der Waals surface area contributed by atoms with Crippen molar-refractivity contribution in [2.24, 2.45) is 22.2 Å². The zero-order valence-electron chi connectivity index (χ0n) is 22.1. The largest absolute Gasteiger partial charge is 0.466 e. The zero-order chi connectivity index (χ0) is 32.6. The average Bonchev–Trinajstić information content (AvgIpc) is 3.25. The van der Waals surface area contributed by atoms with Gasteiger partial charge in [0.15, 0.2) is 23.4 Å². The number of nitrogens with two attached hydrogens (primary N) is 3. The summed E-state index contributed by atoms with van der Waals surface area (Å²) < 4.78 is 88.1. The van der Waals surface area contributed by atoms with Gasteiger partial charge in [-0.3, -0.25) is 10.2 Å². The average molecular weight is 634 g/mol. The molecule has 0 saturated carbocycles. The Kier molecular flexibility index (Phi) is 12.9. The number of alkyl halides is 3. The summed E-state index contributed by atoms with van der Waals surface area (Å²) in [6.45, 7) is -0.302. The Labute approximate surface area is 234 Å². The van der Waals surface area contributed by atoms with E-state index in [1.165, 1.54) is 9.80 Å². The highest BCUT2D eigenvalue weighted by Gasteiger charge is 2.40. The van der Waals surface area contributed by atoms with Crippen molar-refractivity contribution in [3.8, 4) is 0 Å². The molecule has 1 aliphatic rings. The summed E-state index contributed by atoms with van der Waals surface area (Å²) in [5.41, 5.74) is 15.6. The molecule has 0 bridgehead atoms. The van der Waals surface area contributed by atoms with E-state index in [9.17, 15) is 31.1 Å². The van der Waals surface area contributed by atoms with E-state index in [0.717, 1.165) is 4.57 Å². The van der Waals surface area contributed by atoms with Crippen LogP contribution in [0, 0.1) is 22.9 Å². The van der Waals surface area contributed by atoms with Gasteiger partial charge >= 0.3 is 14.0 Å². The number of rotatable bonds is 4. The summed E-state index contributed by atoms with van der Waals surface area (Å²) in [7, 11) is -1.26. The normalized spacial score (nSPS) is 13.5. The van der Waals surface area contributed by atoms with Crippen LogP contribution in [-0.4, -0.2) is 83.8 Å². The first-order valence-electron chi connectivity index (χ1n) is 11.4. The van der Waals surface area contributed by atoms with Crippen LogP contribution in [0.2, 0.25) is 0 Å².